The van der Waals surface area contributed by atoms with Gasteiger partial charge < -0.3 is 29.7 Å². The van der Waals surface area contributed by atoms with Crippen LogP contribution in [0.4, 0.5) is 25.3 Å². The zero-order valence-electron chi connectivity index (χ0n) is 23.9. The number of alkyl halides is 2. The molecule has 1 unspecified atom stereocenters. The summed E-state index contributed by atoms with van der Waals surface area (Å²) in [6, 6.07) is 19.0. The fourth-order valence-corrected chi connectivity index (χ4v) is 6.37. The molecule has 1 fully saturated rings. The van der Waals surface area contributed by atoms with Crippen molar-refractivity contribution in [1.29, 1.82) is 0 Å². The average molecular weight is 624 g/mol. The number of alkyl carbamates (subject to hydrolysis) is 1. The van der Waals surface area contributed by atoms with Crippen LogP contribution in [0.5, 0.6) is 5.75 Å². The second-order valence-electron chi connectivity index (χ2n) is 10.7. The quantitative estimate of drug-likeness (QED) is 0.271. The lowest BCUT2D eigenvalue weighted by Crippen LogP contribution is -2.65. The molecule has 3 aromatic carbocycles. The first kappa shape index (κ1) is 29.7. The maximum atomic E-state index is 13.7. The molecule has 1 atom stereocenters. The lowest BCUT2D eigenvalue weighted by atomic mass is 9.97. The number of ether oxygens (including phenoxy) is 3. The zero-order chi connectivity index (χ0) is 30.7. The number of anilines is 2. The molecule has 1 aromatic heterocycles. The van der Waals surface area contributed by atoms with Gasteiger partial charge in [-0.3, -0.25) is 4.21 Å². The van der Waals surface area contributed by atoms with E-state index in [0.717, 1.165) is 16.0 Å². The van der Waals surface area contributed by atoms with E-state index in [9.17, 15) is 17.8 Å². The Balaban J connectivity index is 1.22. The fourth-order valence-electron chi connectivity index (χ4n) is 5.10. The second kappa shape index (κ2) is 12.7. The van der Waals surface area contributed by atoms with Gasteiger partial charge >= 0.3 is 6.09 Å². The Morgan fingerprint density at radius 3 is 2.64 bits per heavy atom. The average Bonchev–Trinajstić information content (AvgIpc) is 3.19. The van der Waals surface area contributed by atoms with Crippen molar-refractivity contribution in [3.8, 4) is 5.75 Å². The molecule has 230 valence electrons. The first-order valence-electron chi connectivity index (χ1n) is 14.0. The second-order valence-corrected chi connectivity index (χ2v) is 12.2. The number of nitrogens with one attached hydrogen (secondary N) is 2. The molecule has 6 rings (SSSR count). The van der Waals surface area contributed by atoms with Crippen LogP contribution < -0.4 is 20.3 Å². The van der Waals surface area contributed by atoms with E-state index in [1.807, 2.05) is 41.3 Å². The summed E-state index contributed by atoms with van der Waals surface area (Å²) in [5.74, 6) is 1.82. The Kier molecular flexibility index (Phi) is 8.58. The number of halogens is 2. The standard InChI is InChI=1S/C31H31F2N5O5S/c1-41-23-9-6-20(7-10-23)16-43-30(39)37-31(18-42-19-31)17-34-28-24-14-21(27(32)33)8-11-25(24)35-29(36-28)38-12-13-44(40)26-5-3-2-4-22(26)15-38/h2-11,14,27H,12-13,15-19H2,1H3,(H,37,39)(H,34,35,36). The van der Waals surface area contributed by atoms with Gasteiger partial charge in [-0.1, -0.05) is 36.4 Å². The molecule has 0 radical (unpaired) electrons. The van der Waals surface area contributed by atoms with Gasteiger partial charge in [-0.2, -0.15) is 4.98 Å². The van der Waals surface area contributed by atoms with Crippen LogP contribution in [-0.4, -0.2) is 65.0 Å². The summed E-state index contributed by atoms with van der Waals surface area (Å²) < 4.78 is 56.2. The number of aromatic nitrogens is 2. The lowest BCUT2D eigenvalue weighted by Gasteiger charge is -2.41. The highest BCUT2D eigenvalue weighted by Crippen LogP contribution is 2.31. The molecule has 0 spiro atoms. The molecule has 1 amide bonds. The third kappa shape index (κ3) is 6.43. The smallest absolute Gasteiger partial charge is 0.408 e. The Morgan fingerprint density at radius 1 is 1.11 bits per heavy atom. The monoisotopic (exact) mass is 623 g/mol. The molecule has 44 heavy (non-hydrogen) atoms. The SMILES string of the molecule is COc1ccc(COC(=O)NC2(CNc3nc(N4CCS(=O)c5ccccc5C4)nc4ccc(C(F)F)cc34)COC2)cc1. The molecule has 2 aliphatic rings. The number of fused-ring (bicyclic) bond motifs is 2. The van der Waals surface area contributed by atoms with Crippen LogP contribution >= 0.6 is 0 Å². The van der Waals surface area contributed by atoms with Gasteiger partial charge in [-0.15, -0.1) is 0 Å². The summed E-state index contributed by atoms with van der Waals surface area (Å²) in [6.45, 7) is 1.61. The van der Waals surface area contributed by atoms with E-state index in [-0.39, 0.29) is 31.9 Å². The Labute approximate surface area is 255 Å². The normalized spacial score (nSPS) is 17.4. The molecular formula is C31H31F2N5O5S. The van der Waals surface area contributed by atoms with E-state index >= 15 is 0 Å². The van der Waals surface area contributed by atoms with Crippen LogP contribution in [0.3, 0.4) is 0 Å². The molecule has 0 saturated carbocycles. The number of rotatable bonds is 9. The van der Waals surface area contributed by atoms with Crippen molar-refractivity contribution >= 4 is 39.6 Å². The number of amides is 1. The number of carbonyl (C=O) groups is 1. The molecule has 3 heterocycles. The highest BCUT2D eigenvalue weighted by molar-refractivity contribution is 7.85. The van der Waals surface area contributed by atoms with Crippen LogP contribution in [-0.2, 0) is 33.4 Å². The van der Waals surface area contributed by atoms with E-state index in [2.05, 4.69) is 10.6 Å². The van der Waals surface area contributed by atoms with Crippen molar-refractivity contribution in [2.24, 2.45) is 0 Å². The van der Waals surface area contributed by atoms with E-state index in [1.54, 1.807) is 25.3 Å². The third-order valence-electron chi connectivity index (χ3n) is 7.62. The summed E-state index contributed by atoms with van der Waals surface area (Å²) in [4.78, 5) is 24.9. The summed E-state index contributed by atoms with van der Waals surface area (Å²) in [5, 5.41) is 6.58. The van der Waals surface area contributed by atoms with Gasteiger partial charge in [0.15, 0.2) is 0 Å². The molecule has 2 N–H and O–H groups in total. The predicted octanol–water partition coefficient (Wildman–Crippen LogP) is 4.81. The highest BCUT2D eigenvalue weighted by atomic mass is 32.2. The van der Waals surface area contributed by atoms with Crippen LogP contribution in [0.2, 0.25) is 0 Å². The van der Waals surface area contributed by atoms with Crippen LogP contribution in [0, 0.1) is 0 Å². The minimum Gasteiger partial charge on any atom is -0.497 e. The molecule has 10 nitrogen and oxygen atoms in total. The van der Waals surface area contributed by atoms with Crippen LogP contribution in [0.1, 0.15) is 23.1 Å². The van der Waals surface area contributed by atoms with Gasteiger partial charge in [0.05, 0.1) is 36.6 Å². The summed E-state index contributed by atoms with van der Waals surface area (Å²) >= 11 is 0. The van der Waals surface area contributed by atoms with Crippen molar-refractivity contribution in [2.45, 2.75) is 30.0 Å². The Bertz CT molecular complexity index is 1690. The van der Waals surface area contributed by atoms with Gasteiger partial charge in [-0.25, -0.2) is 18.6 Å². The van der Waals surface area contributed by atoms with E-state index in [4.69, 9.17) is 24.2 Å². The van der Waals surface area contributed by atoms with Crippen LogP contribution in [0.25, 0.3) is 10.9 Å². The molecule has 1 saturated heterocycles. The van der Waals surface area contributed by atoms with Crippen molar-refractivity contribution in [2.75, 3.05) is 49.4 Å². The van der Waals surface area contributed by atoms with Crippen molar-refractivity contribution in [3.63, 3.8) is 0 Å². The highest BCUT2D eigenvalue weighted by Gasteiger charge is 2.41. The summed E-state index contributed by atoms with van der Waals surface area (Å²) in [7, 11) is 0.411. The van der Waals surface area contributed by atoms with Crippen molar-refractivity contribution < 1.29 is 32.0 Å². The summed E-state index contributed by atoms with van der Waals surface area (Å²) in [6.07, 6.45) is -3.28. The van der Waals surface area contributed by atoms with Gasteiger partial charge in [-0.05, 0) is 41.5 Å². The number of benzene rings is 3. The minimum absolute atomic E-state index is 0.0697. The first-order chi connectivity index (χ1) is 21.3. The number of carbonyl (C=O) groups excluding carboxylic acids is 1. The van der Waals surface area contributed by atoms with Crippen molar-refractivity contribution in [3.05, 3.63) is 83.4 Å². The topological polar surface area (TPSA) is 115 Å². The minimum atomic E-state index is -2.67. The molecule has 4 aromatic rings. The largest absolute Gasteiger partial charge is 0.497 e. The van der Waals surface area contributed by atoms with Gasteiger partial charge in [0.2, 0.25) is 5.95 Å². The molecular weight excluding hydrogens is 592 g/mol. The number of hydrogen-bond donors (Lipinski definition) is 2. The maximum Gasteiger partial charge on any atom is 0.408 e. The van der Waals surface area contributed by atoms with Gasteiger partial charge in [0.1, 0.15) is 23.7 Å². The molecule has 0 aliphatic carbocycles. The molecule has 2 aliphatic heterocycles. The van der Waals surface area contributed by atoms with E-state index in [1.165, 1.54) is 12.1 Å². The third-order valence-corrected chi connectivity index (χ3v) is 9.06. The molecule has 13 heteroatoms. The van der Waals surface area contributed by atoms with Crippen LogP contribution in [0.15, 0.2) is 71.6 Å². The first-order valence-corrected chi connectivity index (χ1v) is 15.3. The van der Waals surface area contributed by atoms with Gasteiger partial charge in [0, 0.05) is 41.2 Å². The maximum absolute atomic E-state index is 13.7. The Hall–Kier alpha value is -4.36. The predicted molar refractivity (Wildman–Crippen MR) is 162 cm³/mol. The fraction of sp³-hybridized carbons (Fsp3) is 0.323. The zero-order valence-corrected chi connectivity index (χ0v) is 24.7. The number of hydrogen-bond acceptors (Lipinski definition) is 9. The lowest BCUT2D eigenvalue weighted by molar-refractivity contribution is -0.0650. The Morgan fingerprint density at radius 2 is 1.91 bits per heavy atom. The number of nitrogens with zero attached hydrogens (tertiary/aromatic N) is 3. The van der Waals surface area contributed by atoms with Crippen molar-refractivity contribution in [1.82, 2.24) is 15.3 Å². The summed E-state index contributed by atoms with van der Waals surface area (Å²) in [5.41, 5.74) is 1.24. The van der Waals surface area contributed by atoms with E-state index < -0.39 is 28.9 Å². The molecule has 0 bridgehead atoms. The van der Waals surface area contributed by atoms with E-state index in [0.29, 0.717) is 47.3 Å². The number of methoxy groups -OCH3 is 1. The van der Waals surface area contributed by atoms with Gasteiger partial charge in [0.25, 0.3) is 6.43 Å².